The maximum Gasteiger partial charge on any atom is 0.220 e. The van der Waals surface area contributed by atoms with Gasteiger partial charge in [0.05, 0.1) is 6.10 Å². The van der Waals surface area contributed by atoms with Crippen LogP contribution < -0.4 is 5.32 Å². The highest BCUT2D eigenvalue weighted by atomic mass is 16.3. The van der Waals surface area contributed by atoms with Crippen LogP contribution in [0.4, 0.5) is 0 Å². The molecule has 1 saturated carbocycles. The van der Waals surface area contributed by atoms with Gasteiger partial charge in [-0.2, -0.15) is 0 Å². The summed E-state index contributed by atoms with van der Waals surface area (Å²) in [6, 6.07) is 4.27. The predicted octanol–water partition coefficient (Wildman–Crippen LogP) is 1.62. The highest BCUT2D eigenvalue weighted by molar-refractivity contribution is 5.76. The van der Waals surface area contributed by atoms with Crippen LogP contribution in [0.15, 0.2) is 18.3 Å². The van der Waals surface area contributed by atoms with E-state index in [2.05, 4.69) is 12.2 Å². The molecule has 1 heterocycles. The van der Waals surface area contributed by atoms with Gasteiger partial charge in [-0.3, -0.25) is 4.79 Å². The van der Waals surface area contributed by atoms with Crippen molar-refractivity contribution in [1.29, 1.82) is 0 Å². The molecule has 1 atom stereocenters. The lowest BCUT2D eigenvalue weighted by atomic mass is 9.76. The Hall–Kier alpha value is -1.29. The van der Waals surface area contributed by atoms with E-state index >= 15 is 0 Å². The van der Waals surface area contributed by atoms with Gasteiger partial charge in [0, 0.05) is 31.4 Å². The Balaban J connectivity index is 1.75. The van der Waals surface area contributed by atoms with E-state index in [1.54, 1.807) is 0 Å². The van der Waals surface area contributed by atoms with E-state index in [9.17, 15) is 9.90 Å². The predicted molar refractivity (Wildman–Crippen MR) is 74.7 cm³/mol. The van der Waals surface area contributed by atoms with E-state index in [-0.39, 0.29) is 18.1 Å². The highest BCUT2D eigenvalue weighted by Gasteiger charge is 2.33. The minimum absolute atomic E-state index is 0.120. The van der Waals surface area contributed by atoms with E-state index in [1.165, 1.54) is 5.69 Å². The van der Waals surface area contributed by atoms with Crippen LogP contribution in [-0.2, 0) is 18.3 Å². The number of aliphatic hydroxyl groups excluding tert-OH is 1. The van der Waals surface area contributed by atoms with Crippen LogP contribution in [0.25, 0.3) is 0 Å². The maximum absolute atomic E-state index is 12.0. The average Bonchev–Trinajstić information content (AvgIpc) is 2.75. The first kappa shape index (κ1) is 14.1. The summed E-state index contributed by atoms with van der Waals surface area (Å²) < 4.78 is 2.05. The molecule has 0 aromatic carbocycles. The molecule has 1 aliphatic rings. The molecule has 1 fully saturated rings. The molecular formula is C15H24N2O2. The largest absolute Gasteiger partial charge is 0.393 e. The number of hydrogen-bond donors (Lipinski definition) is 2. The number of aryl methyl sites for hydroxylation is 2. The van der Waals surface area contributed by atoms with Crippen molar-refractivity contribution in [2.24, 2.45) is 13.0 Å². The van der Waals surface area contributed by atoms with E-state index in [4.69, 9.17) is 0 Å². The first-order valence-corrected chi connectivity index (χ1v) is 7.17. The maximum atomic E-state index is 12.0. The van der Waals surface area contributed by atoms with Crippen LogP contribution in [0, 0.1) is 5.92 Å². The number of amides is 1. The van der Waals surface area contributed by atoms with Gasteiger partial charge in [-0.05, 0) is 43.7 Å². The number of aromatic nitrogens is 1. The van der Waals surface area contributed by atoms with Crippen molar-refractivity contribution in [1.82, 2.24) is 9.88 Å². The monoisotopic (exact) mass is 264 g/mol. The summed E-state index contributed by atoms with van der Waals surface area (Å²) >= 11 is 0. The molecule has 0 aliphatic heterocycles. The topological polar surface area (TPSA) is 54.3 Å². The Labute approximate surface area is 114 Å². The van der Waals surface area contributed by atoms with Gasteiger partial charge in [0.1, 0.15) is 0 Å². The molecule has 1 aromatic heterocycles. The number of aliphatic hydroxyl groups is 1. The van der Waals surface area contributed by atoms with E-state index in [0.29, 0.717) is 12.3 Å². The first-order chi connectivity index (χ1) is 9.10. The highest BCUT2D eigenvalue weighted by Crippen LogP contribution is 2.31. The van der Waals surface area contributed by atoms with Crippen molar-refractivity contribution < 1.29 is 9.90 Å². The quantitative estimate of drug-likeness (QED) is 0.820. The molecule has 0 spiro atoms. The first-order valence-electron chi connectivity index (χ1n) is 7.17. The smallest absolute Gasteiger partial charge is 0.220 e. The van der Waals surface area contributed by atoms with Gasteiger partial charge in [0.15, 0.2) is 0 Å². The Bertz CT molecular complexity index is 422. The normalized spacial score (nSPS) is 23.7. The van der Waals surface area contributed by atoms with E-state index in [1.807, 2.05) is 29.9 Å². The number of carbonyl (C=O) groups excluding carboxylic acids is 1. The third-order valence-electron chi connectivity index (χ3n) is 4.16. The van der Waals surface area contributed by atoms with E-state index in [0.717, 1.165) is 25.7 Å². The van der Waals surface area contributed by atoms with Gasteiger partial charge in [0.25, 0.3) is 0 Å². The Kier molecular flexibility index (Phi) is 4.64. The second-order valence-electron chi connectivity index (χ2n) is 5.58. The third-order valence-corrected chi connectivity index (χ3v) is 4.16. The van der Waals surface area contributed by atoms with Crippen LogP contribution in [0.5, 0.6) is 0 Å². The minimum atomic E-state index is -0.153. The zero-order chi connectivity index (χ0) is 13.8. The van der Waals surface area contributed by atoms with Crippen LogP contribution >= 0.6 is 0 Å². The Morgan fingerprint density at radius 2 is 2.32 bits per heavy atom. The van der Waals surface area contributed by atoms with Crippen molar-refractivity contribution in [3.8, 4) is 0 Å². The number of hydrogen-bond acceptors (Lipinski definition) is 2. The zero-order valence-electron chi connectivity index (χ0n) is 11.8. The van der Waals surface area contributed by atoms with Crippen molar-refractivity contribution in [3.63, 3.8) is 0 Å². The van der Waals surface area contributed by atoms with Crippen molar-refractivity contribution >= 4 is 5.91 Å². The molecule has 1 aliphatic carbocycles. The second kappa shape index (κ2) is 6.24. The fourth-order valence-corrected chi connectivity index (χ4v) is 2.79. The summed E-state index contributed by atoms with van der Waals surface area (Å²) in [6.45, 7) is 2.09. The minimum Gasteiger partial charge on any atom is -0.393 e. The molecule has 2 rings (SSSR count). The number of carbonyl (C=O) groups is 1. The van der Waals surface area contributed by atoms with Crippen LogP contribution in [0.3, 0.4) is 0 Å². The molecular weight excluding hydrogens is 240 g/mol. The zero-order valence-corrected chi connectivity index (χ0v) is 11.8. The van der Waals surface area contributed by atoms with Gasteiger partial charge in [-0.1, -0.05) is 6.92 Å². The molecule has 4 nitrogen and oxygen atoms in total. The molecule has 4 heteroatoms. The lowest BCUT2D eigenvalue weighted by Gasteiger charge is -2.37. The summed E-state index contributed by atoms with van der Waals surface area (Å²) in [6.07, 6.45) is 5.75. The molecule has 0 saturated heterocycles. The number of rotatable bonds is 6. The summed E-state index contributed by atoms with van der Waals surface area (Å²) in [7, 11) is 2.00. The van der Waals surface area contributed by atoms with Gasteiger partial charge in [-0.25, -0.2) is 0 Å². The molecule has 106 valence electrons. The molecule has 19 heavy (non-hydrogen) atoms. The van der Waals surface area contributed by atoms with Crippen LogP contribution in [0.1, 0.15) is 38.3 Å². The van der Waals surface area contributed by atoms with Gasteiger partial charge in [-0.15, -0.1) is 0 Å². The summed E-state index contributed by atoms with van der Waals surface area (Å²) in [5.74, 6) is 0.577. The fraction of sp³-hybridized carbons (Fsp3) is 0.667. The molecule has 1 amide bonds. The van der Waals surface area contributed by atoms with Crippen molar-refractivity contribution in [2.75, 3.05) is 0 Å². The van der Waals surface area contributed by atoms with Crippen LogP contribution in [-0.4, -0.2) is 27.7 Å². The van der Waals surface area contributed by atoms with Gasteiger partial charge in [0.2, 0.25) is 5.91 Å². The summed E-state index contributed by atoms with van der Waals surface area (Å²) in [5, 5.41) is 12.5. The molecule has 1 aromatic rings. The molecule has 0 radical (unpaired) electrons. The Morgan fingerprint density at radius 1 is 1.58 bits per heavy atom. The lowest BCUT2D eigenvalue weighted by Crippen LogP contribution is -2.46. The van der Waals surface area contributed by atoms with Crippen molar-refractivity contribution in [3.05, 3.63) is 24.0 Å². The van der Waals surface area contributed by atoms with Crippen LogP contribution in [0.2, 0.25) is 0 Å². The SMILES string of the molecule is CC[C@@H](NC(=O)CCc1cccn1C)C1CC(O)C1. The van der Waals surface area contributed by atoms with Crippen molar-refractivity contribution in [2.45, 2.75) is 51.2 Å². The molecule has 0 unspecified atom stereocenters. The number of nitrogens with zero attached hydrogens (tertiary/aromatic N) is 1. The summed E-state index contributed by atoms with van der Waals surface area (Å²) in [4.78, 5) is 12.0. The lowest BCUT2D eigenvalue weighted by molar-refractivity contribution is -0.123. The van der Waals surface area contributed by atoms with Gasteiger partial charge >= 0.3 is 0 Å². The fourth-order valence-electron chi connectivity index (χ4n) is 2.79. The second-order valence-corrected chi connectivity index (χ2v) is 5.58. The Morgan fingerprint density at radius 3 is 2.84 bits per heavy atom. The molecule has 0 bridgehead atoms. The average molecular weight is 264 g/mol. The molecule has 2 N–H and O–H groups in total. The third kappa shape index (κ3) is 3.60. The van der Waals surface area contributed by atoms with E-state index < -0.39 is 0 Å². The standard InChI is InChI=1S/C15H24N2O2/c1-3-14(11-9-13(18)10-11)16-15(19)7-6-12-5-4-8-17(12)2/h4-5,8,11,13-14,18H,3,6-7,9-10H2,1-2H3,(H,16,19)/t11?,13?,14-/m1/s1. The van der Waals surface area contributed by atoms with Gasteiger partial charge < -0.3 is 15.0 Å². The summed E-state index contributed by atoms with van der Waals surface area (Å²) in [5.41, 5.74) is 1.18. The number of nitrogens with one attached hydrogen (secondary N) is 1.